The van der Waals surface area contributed by atoms with Crippen molar-refractivity contribution in [1.82, 2.24) is 0 Å². The summed E-state index contributed by atoms with van der Waals surface area (Å²) in [5.41, 5.74) is 2.66. The molecule has 0 N–H and O–H groups in total. The standard InChI is InChI=1S/C17H24O2/c1-12(2)14-6-9-17(19-3)15(11-14)10-13-4-7-16(18)8-5-13/h6,9,11-13H,4-5,7-8,10H2,1-3H3. The lowest BCUT2D eigenvalue weighted by molar-refractivity contribution is -0.121. The first-order valence-corrected chi connectivity index (χ1v) is 7.28. The van der Waals surface area contributed by atoms with Crippen LogP contribution in [0.15, 0.2) is 18.2 Å². The normalized spacial score (nSPS) is 16.9. The van der Waals surface area contributed by atoms with E-state index in [9.17, 15) is 4.79 Å². The largest absolute Gasteiger partial charge is 0.496 e. The minimum absolute atomic E-state index is 0.430. The summed E-state index contributed by atoms with van der Waals surface area (Å²) in [6.07, 6.45) is 4.63. The topological polar surface area (TPSA) is 26.3 Å². The molecule has 0 atom stereocenters. The summed E-state index contributed by atoms with van der Waals surface area (Å²) in [5, 5.41) is 0. The number of rotatable bonds is 4. The van der Waals surface area contributed by atoms with Gasteiger partial charge in [0.15, 0.2) is 0 Å². The number of carbonyl (C=O) groups is 1. The highest BCUT2D eigenvalue weighted by Gasteiger charge is 2.20. The predicted octanol–water partition coefficient (Wildman–Crippen LogP) is 4.12. The van der Waals surface area contributed by atoms with Crippen molar-refractivity contribution in [3.63, 3.8) is 0 Å². The molecule has 0 saturated heterocycles. The van der Waals surface area contributed by atoms with E-state index in [1.54, 1.807) is 7.11 Å². The van der Waals surface area contributed by atoms with Crippen LogP contribution in [-0.2, 0) is 11.2 Å². The zero-order valence-corrected chi connectivity index (χ0v) is 12.2. The summed E-state index contributed by atoms with van der Waals surface area (Å²) in [6.45, 7) is 4.43. The molecule has 1 aliphatic rings. The molecule has 0 heterocycles. The number of methoxy groups -OCH3 is 1. The SMILES string of the molecule is COc1ccc(C(C)C)cc1CC1CCC(=O)CC1. The highest BCUT2D eigenvalue weighted by molar-refractivity contribution is 5.79. The van der Waals surface area contributed by atoms with Crippen molar-refractivity contribution >= 4 is 5.78 Å². The molecule has 2 rings (SSSR count). The van der Waals surface area contributed by atoms with Gasteiger partial charge in [-0.05, 0) is 48.3 Å². The Kier molecular flexibility index (Phi) is 4.62. The fourth-order valence-corrected chi connectivity index (χ4v) is 2.83. The molecule has 1 aromatic carbocycles. The average molecular weight is 260 g/mol. The fraction of sp³-hybridized carbons (Fsp3) is 0.588. The summed E-state index contributed by atoms with van der Waals surface area (Å²) < 4.78 is 5.48. The van der Waals surface area contributed by atoms with Crippen LogP contribution in [0.4, 0.5) is 0 Å². The molecular formula is C17H24O2. The van der Waals surface area contributed by atoms with E-state index in [1.807, 2.05) is 0 Å². The Balaban J connectivity index is 2.13. The molecule has 104 valence electrons. The van der Waals surface area contributed by atoms with Gasteiger partial charge in [0.25, 0.3) is 0 Å². The molecule has 1 fully saturated rings. The van der Waals surface area contributed by atoms with Gasteiger partial charge in [-0.3, -0.25) is 4.79 Å². The molecule has 0 aromatic heterocycles. The first kappa shape index (κ1) is 14.1. The van der Waals surface area contributed by atoms with Gasteiger partial charge in [-0.25, -0.2) is 0 Å². The van der Waals surface area contributed by atoms with Crippen LogP contribution in [0.5, 0.6) is 5.75 Å². The van der Waals surface area contributed by atoms with E-state index >= 15 is 0 Å². The molecule has 0 unspecified atom stereocenters. The third-order valence-electron chi connectivity index (χ3n) is 4.14. The maximum absolute atomic E-state index is 11.3. The summed E-state index contributed by atoms with van der Waals surface area (Å²) in [6, 6.07) is 6.51. The van der Waals surface area contributed by atoms with E-state index in [0.29, 0.717) is 17.6 Å². The molecule has 0 amide bonds. The van der Waals surface area contributed by atoms with Crippen molar-refractivity contribution in [3.8, 4) is 5.75 Å². The van der Waals surface area contributed by atoms with Crippen molar-refractivity contribution in [2.75, 3.05) is 7.11 Å². The Labute approximate surface area is 116 Å². The number of hydrogen-bond acceptors (Lipinski definition) is 2. The third-order valence-corrected chi connectivity index (χ3v) is 4.14. The zero-order valence-electron chi connectivity index (χ0n) is 12.2. The third kappa shape index (κ3) is 3.59. The van der Waals surface area contributed by atoms with Crippen LogP contribution < -0.4 is 4.74 Å². The lowest BCUT2D eigenvalue weighted by Gasteiger charge is -2.22. The van der Waals surface area contributed by atoms with Gasteiger partial charge in [-0.1, -0.05) is 26.0 Å². The number of Topliss-reactive ketones (excluding diaryl/α,β-unsaturated/α-hetero) is 1. The zero-order chi connectivity index (χ0) is 13.8. The molecule has 2 nitrogen and oxygen atoms in total. The summed E-state index contributed by atoms with van der Waals surface area (Å²) in [7, 11) is 1.73. The van der Waals surface area contributed by atoms with E-state index in [1.165, 1.54) is 11.1 Å². The quantitative estimate of drug-likeness (QED) is 0.814. The van der Waals surface area contributed by atoms with Crippen LogP contribution >= 0.6 is 0 Å². The first-order valence-electron chi connectivity index (χ1n) is 7.28. The number of carbonyl (C=O) groups excluding carboxylic acids is 1. The first-order chi connectivity index (χ1) is 9.10. The summed E-state index contributed by atoms with van der Waals surface area (Å²) >= 11 is 0. The van der Waals surface area contributed by atoms with Crippen LogP contribution in [-0.4, -0.2) is 12.9 Å². The highest BCUT2D eigenvalue weighted by atomic mass is 16.5. The second-order valence-electron chi connectivity index (χ2n) is 5.91. The van der Waals surface area contributed by atoms with Crippen LogP contribution in [0.3, 0.4) is 0 Å². The monoisotopic (exact) mass is 260 g/mol. The number of hydrogen-bond donors (Lipinski definition) is 0. The van der Waals surface area contributed by atoms with Crippen molar-refractivity contribution in [2.24, 2.45) is 5.92 Å². The molecule has 0 spiro atoms. The van der Waals surface area contributed by atoms with Crippen LogP contribution in [0.25, 0.3) is 0 Å². The Morgan fingerprint density at radius 3 is 2.53 bits per heavy atom. The molecule has 1 aromatic rings. The van der Waals surface area contributed by atoms with E-state index < -0.39 is 0 Å². The minimum Gasteiger partial charge on any atom is -0.496 e. The van der Waals surface area contributed by atoms with E-state index in [4.69, 9.17) is 4.74 Å². The summed E-state index contributed by atoms with van der Waals surface area (Å²) in [4.78, 5) is 11.3. The fourth-order valence-electron chi connectivity index (χ4n) is 2.83. The Morgan fingerprint density at radius 1 is 1.26 bits per heavy atom. The van der Waals surface area contributed by atoms with Gasteiger partial charge in [0.1, 0.15) is 11.5 Å². The van der Waals surface area contributed by atoms with Crippen molar-refractivity contribution in [2.45, 2.75) is 51.9 Å². The molecule has 2 heteroatoms. The minimum atomic E-state index is 0.430. The van der Waals surface area contributed by atoms with Gasteiger partial charge in [0.2, 0.25) is 0 Å². The molecule has 0 radical (unpaired) electrons. The van der Waals surface area contributed by atoms with Gasteiger partial charge in [-0.2, -0.15) is 0 Å². The molecule has 1 saturated carbocycles. The Bertz CT molecular complexity index is 439. The molecule has 0 bridgehead atoms. The summed E-state index contributed by atoms with van der Waals surface area (Å²) in [5.74, 6) is 2.59. The maximum atomic E-state index is 11.3. The number of ether oxygens (including phenoxy) is 1. The average Bonchev–Trinajstić information content (AvgIpc) is 2.41. The van der Waals surface area contributed by atoms with Crippen molar-refractivity contribution in [3.05, 3.63) is 29.3 Å². The van der Waals surface area contributed by atoms with E-state index in [-0.39, 0.29) is 0 Å². The van der Waals surface area contributed by atoms with Gasteiger partial charge < -0.3 is 4.74 Å². The molecular weight excluding hydrogens is 236 g/mol. The second-order valence-corrected chi connectivity index (χ2v) is 5.91. The van der Waals surface area contributed by atoms with E-state index in [0.717, 1.165) is 37.9 Å². The number of ketones is 1. The van der Waals surface area contributed by atoms with Gasteiger partial charge in [-0.15, -0.1) is 0 Å². The van der Waals surface area contributed by atoms with Gasteiger partial charge in [0.05, 0.1) is 7.11 Å². The van der Waals surface area contributed by atoms with Crippen LogP contribution in [0.1, 0.15) is 56.6 Å². The van der Waals surface area contributed by atoms with Crippen molar-refractivity contribution < 1.29 is 9.53 Å². The smallest absolute Gasteiger partial charge is 0.132 e. The van der Waals surface area contributed by atoms with Gasteiger partial charge in [0, 0.05) is 12.8 Å². The van der Waals surface area contributed by atoms with E-state index in [2.05, 4.69) is 32.0 Å². The second kappa shape index (κ2) is 6.23. The molecule has 0 aliphatic heterocycles. The van der Waals surface area contributed by atoms with Gasteiger partial charge >= 0.3 is 0 Å². The van der Waals surface area contributed by atoms with Crippen molar-refractivity contribution in [1.29, 1.82) is 0 Å². The lowest BCUT2D eigenvalue weighted by atomic mass is 9.83. The number of benzene rings is 1. The Morgan fingerprint density at radius 2 is 1.95 bits per heavy atom. The van der Waals surface area contributed by atoms with Crippen LogP contribution in [0.2, 0.25) is 0 Å². The predicted molar refractivity (Wildman–Crippen MR) is 77.8 cm³/mol. The molecule has 19 heavy (non-hydrogen) atoms. The maximum Gasteiger partial charge on any atom is 0.132 e. The lowest BCUT2D eigenvalue weighted by Crippen LogP contribution is -2.16. The molecule has 1 aliphatic carbocycles. The Hall–Kier alpha value is -1.31. The highest BCUT2D eigenvalue weighted by Crippen LogP contribution is 2.31. The van der Waals surface area contributed by atoms with Crippen LogP contribution in [0, 0.1) is 5.92 Å².